The highest BCUT2D eigenvalue weighted by Crippen LogP contribution is 2.23. The number of ether oxygens (including phenoxy) is 1. The molecule has 18 heavy (non-hydrogen) atoms. The maximum Gasteiger partial charge on any atom is 0.289 e. The zero-order chi connectivity index (χ0) is 12.5. The number of halogens is 1. The van der Waals surface area contributed by atoms with Crippen LogP contribution in [0.2, 0.25) is 5.15 Å². The number of nitrogens with one attached hydrogen (secondary N) is 1. The molecule has 1 aromatic heterocycles. The quantitative estimate of drug-likeness (QED) is 0.802. The lowest BCUT2D eigenvalue weighted by Crippen LogP contribution is -2.11. The highest BCUT2D eigenvalue weighted by molar-refractivity contribution is 6.34. The first-order valence-electron chi connectivity index (χ1n) is 5.60. The van der Waals surface area contributed by atoms with E-state index in [1.807, 2.05) is 25.1 Å². The third kappa shape index (κ3) is 2.09. The molecule has 1 aliphatic rings. The van der Waals surface area contributed by atoms with Gasteiger partial charge in [0.25, 0.3) is 6.02 Å². The second-order valence-corrected chi connectivity index (χ2v) is 4.47. The lowest BCUT2D eigenvalue weighted by Gasteiger charge is -2.06. The number of rotatable bonds is 1. The average molecular weight is 263 g/mol. The van der Waals surface area contributed by atoms with Crippen LogP contribution in [0.3, 0.4) is 0 Å². The normalized spacial score (nSPS) is 18.6. The van der Waals surface area contributed by atoms with Crippen molar-refractivity contribution in [1.82, 2.24) is 9.97 Å². The highest BCUT2D eigenvalue weighted by Gasteiger charge is 2.14. The van der Waals surface area contributed by atoms with Gasteiger partial charge in [-0.05, 0) is 25.1 Å². The van der Waals surface area contributed by atoms with Crippen molar-refractivity contribution in [2.45, 2.75) is 13.0 Å². The van der Waals surface area contributed by atoms with Gasteiger partial charge in [-0.15, -0.1) is 0 Å². The molecule has 1 aliphatic heterocycles. The largest absolute Gasteiger partial charge is 0.463 e. The zero-order valence-electron chi connectivity index (χ0n) is 9.72. The molecule has 0 saturated heterocycles. The van der Waals surface area contributed by atoms with E-state index in [0.717, 1.165) is 16.6 Å². The summed E-state index contributed by atoms with van der Waals surface area (Å²) in [7, 11) is 0. The number of hydrogen-bond donors (Lipinski definition) is 1. The lowest BCUT2D eigenvalue weighted by atomic mass is 10.2. The molecular weight excluding hydrogens is 252 g/mol. The van der Waals surface area contributed by atoms with E-state index >= 15 is 0 Å². The molecule has 6 heteroatoms. The van der Waals surface area contributed by atoms with Gasteiger partial charge in [0.05, 0.1) is 11.6 Å². The summed E-state index contributed by atoms with van der Waals surface area (Å²) < 4.78 is 5.39. The molecule has 2 heterocycles. The van der Waals surface area contributed by atoms with Gasteiger partial charge in [0.2, 0.25) is 0 Å². The van der Waals surface area contributed by atoms with E-state index in [-0.39, 0.29) is 6.04 Å². The SMILES string of the molecule is C[C@@H]1COC(Nc2ccc3ncnc(Cl)c3c2)=N1. The summed E-state index contributed by atoms with van der Waals surface area (Å²) in [5, 5.41) is 4.34. The molecule has 0 fully saturated rings. The maximum absolute atomic E-state index is 6.03. The Morgan fingerprint density at radius 2 is 2.28 bits per heavy atom. The molecule has 3 rings (SSSR count). The minimum Gasteiger partial charge on any atom is -0.463 e. The molecular formula is C12H11ClN4O. The van der Waals surface area contributed by atoms with E-state index in [0.29, 0.717) is 17.8 Å². The van der Waals surface area contributed by atoms with Gasteiger partial charge < -0.3 is 10.1 Å². The van der Waals surface area contributed by atoms with E-state index in [2.05, 4.69) is 20.3 Å². The van der Waals surface area contributed by atoms with Gasteiger partial charge in [0.1, 0.15) is 18.1 Å². The Hall–Kier alpha value is -1.88. The van der Waals surface area contributed by atoms with Crippen LogP contribution < -0.4 is 5.32 Å². The summed E-state index contributed by atoms with van der Waals surface area (Å²) in [5.74, 6) is 0. The fourth-order valence-electron chi connectivity index (χ4n) is 1.77. The Balaban J connectivity index is 1.94. The number of hydrogen-bond acceptors (Lipinski definition) is 5. The summed E-state index contributed by atoms with van der Waals surface area (Å²) >= 11 is 6.03. The number of fused-ring (bicyclic) bond motifs is 1. The second-order valence-electron chi connectivity index (χ2n) is 4.12. The monoisotopic (exact) mass is 262 g/mol. The fraction of sp³-hybridized carbons (Fsp3) is 0.250. The van der Waals surface area contributed by atoms with Crippen LogP contribution >= 0.6 is 11.6 Å². The van der Waals surface area contributed by atoms with Gasteiger partial charge in [0, 0.05) is 11.1 Å². The van der Waals surface area contributed by atoms with Crippen LogP contribution in [-0.4, -0.2) is 28.6 Å². The molecule has 0 unspecified atom stereocenters. The van der Waals surface area contributed by atoms with Crippen LogP contribution in [-0.2, 0) is 4.74 Å². The summed E-state index contributed by atoms with van der Waals surface area (Å²) in [4.78, 5) is 12.4. The summed E-state index contributed by atoms with van der Waals surface area (Å²) in [5.41, 5.74) is 1.66. The van der Waals surface area contributed by atoms with Crippen LogP contribution in [0.25, 0.3) is 10.9 Å². The second kappa shape index (κ2) is 4.42. The molecule has 1 aromatic carbocycles. The van der Waals surface area contributed by atoms with Crippen molar-refractivity contribution in [3.63, 3.8) is 0 Å². The Morgan fingerprint density at radius 3 is 3.06 bits per heavy atom. The van der Waals surface area contributed by atoms with Crippen LogP contribution in [0.1, 0.15) is 6.92 Å². The first kappa shape index (κ1) is 11.2. The topological polar surface area (TPSA) is 59.4 Å². The summed E-state index contributed by atoms with van der Waals surface area (Å²) in [6.07, 6.45) is 1.45. The standard InChI is InChI=1S/C12H11ClN4O/c1-7-5-18-12(16-7)17-8-2-3-10-9(4-8)11(13)15-6-14-10/h2-4,6-7H,5H2,1H3,(H,16,17)/t7-/m1/s1. The van der Waals surface area contributed by atoms with Crippen LogP contribution in [0.4, 0.5) is 5.69 Å². The Bertz CT molecular complexity index is 629. The predicted octanol–water partition coefficient (Wildman–Crippen LogP) is 2.47. The Morgan fingerprint density at radius 1 is 1.39 bits per heavy atom. The molecule has 1 atom stereocenters. The van der Waals surface area contributed by atoms with E-state index < -0.39 is 0 Å². The smallest absolute Gasteiger partial charge is 0.289 e. The summed E-state index contributed by atoms with van der Waals surface area (Å²) in [6.45, 7) is 2.61. The van der Waals surface area contributed by atoms with Gasteiger partial charge in [-0.25, -0.2) is 15.0 Å². The molecule has 0 aliphatic carbocycles. The van der Waals surface area contributed by atoms with Crippen LogP contribution in [0.15, 0.2) is 29.5 Å². The Labute approximate surface area is 109 Å². The van der Waals surface area contributed by atoms with Crippen LogP contribution in [0, 0.1) is 0 Å². The zero-order valence-corrected chi connectivity index (χ0v) is 10.5. The van der Waals surface area contributed by atoms with Crippen molar-refractivity contribution in [1.29, 1.82) is 0 Å². The molecule has 1 N–H and O–H groups in total. The van der Waals surface area contributed by atoms with Crippen molar-refractivity contribution in [3.05, 3.63) is 29.7 Å². The van der Waals surface area contributed by atoms with Crippen molar-refractivity contribution >= 4 is 34.2 Å². The lowest BCUT2D eigenvalue weighted by molar-refractivity contribution is 0.322. The van der Waals surface area contributed by atoms with Crippen molar-refractivity contribution in [2.75, 3.05) is 11.9 Å². The first-order valence-corrected chi connectivity index (χ1v) is 5.98. The minimum atomic E-state index is 0.194. The van der Waals surface area contributed by atoms with Crippen molar-refractivity contribution in [2.24, 2.45) is 4.99 Å². The van der Waals surface area contributed by atoms with E-state index in [1.54, 1.807) is 0 Å². The molecule has 0 radical (unpaired) electrons. The molecule has 2 aromatic rings. The number of nitrogens with zero attached hydrogens (tertiary/aromatic N) is 3. The number of aliphatic imine (C=N–C) groups is 1. The van der Waals surface area contributed by atoms with E-state index in [9.17, 15) is 0 Å². The fourth-order valence-corrected chi connectivity index (χ4v) is 1.96. The number of anilines is 1. The molecule has 0 spiro atoms. The average Bonchev–Trinajstić information content (AvgIpc) is 2.76. The highest BCUT2D eigenvalue weighted by atomic mass is 35.5. The molecule has 0 bridgehead atoms. The molecule has 5 nitrogen and oxygen atoms in total. The van der Waals surface area contributed by atoms with Gasteiger partial charge in [0.15, 0.2) is 0 Å². The maximum atomic E-state index is 6.03. The number of amidine groups is 1. The third-order valence-electron chi connectivity index (χ3n) is 2.64. The molecule has 92 valence electrons. The van der Waals surface area contributed by atoms with E-state index in [1.165, 1.54) is 6.33 Å². The predicted molar refractivity (Wildman–Crippen MR) is 71.0 cm³/mol. The Kier molecular flexibility index (Phi) is 2.76. The van der Waals surface area contributed by atoms with Gasteiger partial charge in [-0.1, -0.05) is 11.6 Å². The summed E-state index contributed by atoms with van der Waals surface area (Å²) in [6, 6.07) is 6.40. The minimum absolute atomic E-state index is 0.194. The van der Waals surface area contributed by atoms with Crippen molar-refractivity contribution in [3.8, 4) is 0 Å². The van der Waals surface area contributed by atoms with E-state index in [4.69, 9.17) is 16.3 Å². The van der Waals surface area contributed by atoms with Gasteiger partial charge in [-0.2, -0.15) is 0 Å². The molecule has 0 saturated carbocycles. The molecule has 0 amide bonds. The number of benzene rings is 1. The first-order chi connectivity index (χ1) is 8.72. The third-order valence-corrected chi connectivity index (χ3v) is 2.94. The van der Waals surface area contributed by atoms with Gasteiger partial charge >= 0.3 is 0 Å². The van der Waals surface area contributed by atoms with Gasteiger partial charge in [-0.3, -0.25) is 0 Å². The van der Waals surface area contributed by atoms with Crippen LogP contribution in [0.5, 0.6) is 0 Å². The van der Waals surface area contributed by atoms with Crippen molar-refractivity contribution < 1.29 is 4.74 Å². The number of aromatic nitrogens is 2.